The van der Waals surface area contributed by atoms with Gasteiger partial charge in [-0.2, -0.15) is 0 Å². The Morgan fingerprint density at radius 1 is 1.46 bits per heavy atom. The van der Waals surface area contributed by atoms with Crippen LogP contribution in [0.2, 0.25) is 0 Å². The summed E-state index contributed by atoms with van der Waals surface area (Å²) in [5, 5.41) is 12.4. The second-order valence-corrected chi connectivity index (χ2v) is 6.64. The highest BCUT2D eigenvalue weighted by Crippen LogP contribution is 2.13. The fraction of sp³-hybridized carbons (Fsp3) is 0.389. The lowest BCUT2D eigenvalue weighted by molar-refractivity contribution is 0.0945. The molecular formula is C18H21N5O3. The molecule has 136 valence electrons. The summed E-state index contributed by atoms with van der Waals surface area (Å²) in [7, 11) is 0. The van der Waals surface area contributed by atoms with Gasteiger partial charge in [-0.15, -0.1) is 0 Å². The zero-order chi connectivity index (χ0) is 18.1. The smallest absolute Gasteiger partial charge is 0.273 e. The molecule has 4 rings (SSSR count). The summed E-state index contributed by atoms with van der Waals surface area (Å²) >= 11 is 0. The molecule has 2 N–H and O–H groups in total. The number of rotatable bonds is 5. The molecule has 0 bridgehead atoms. The summed E-state index contributed by atoms with van der Waals surface area (Å²) in [6.07, 6.45) is 5.66. The average molecular weight is 355 g/mol. The van der Waals surface area contributed by atoms with E-state index in [9.17, 15) is 9.90 Å². The molecular weight excluding hydrogens is 334 g/mol. The van der Waals surface area contributed by atoms with Crippen LogP contribution in [0.5, 0.6) is 0 Å². The van der Waals surface area contributed by atoms with Crippen molar-refractivity contribution in [3.05, 3.63) is 53.6 Å². The van der Waals surface area contributed by atoms with E-state index in [-0.39, 0.29) is 17.7 Å². The normalized spacial score (nSPS) is 17.8. The highest BCUT2D eigenvalue weighted by molar-refractivity contribution is 5.91. The van der Waals surface area contributed by atoms with Gasteiger partial charge in [0, 0.05) is 25.5 Å². The average Bonchev–Trinajstić information content (AvgIpc) is 3.33. The molecule has 3 aromatic heterocycles. The number of aliphatic hydroxyl groups excluding tert-OH is 1. The summed E-state index contributed by atoms with van der Waals surface area (Å²) in [5.41, 5.74) is 2.99. The van der Waals surface area contributed by atoms with Crippen LogP contribution < -0.4 is 5.32 Å². The lowest BCUT2D eigenvalue weighted by Gasteiger charge is -2.11. The van der Waals surface area contributed by atoms with Gasteiger partial charge < -0.3 is 19.2 Å². The predicted molar refractivity (Wildman–Crippen MR) is 93.5 cm³/mol. The van der Waals surface area contributed by atoms with Gasteiger partial charge in [-0.25, -0.2) is 9.97 Å². The number of pyridine rings is 1. The quantitative estimate of drug-likeness (QED) is 0.712. The van der Waals surface area contributed by atoms with Gasteiger partial charge in [-0.05, 0) is 25.0 Å². The Morgan fingerprint density at radius 2 is 2.35 bits per heavy atom. The Kier molecular flexibility index (Phi) is 4.44. The van der Waals surface area contributed by atoms with Gasteiger partial charge in [0.15, 0.2) is 5.69 Å². The highest BCUT2D eigenvalue weighted by atomic mass is 16.3. The van der Waals surface area contributed by atoms with Crippen LogP contribution >= 0.6 is 0 Å². The minimum Gasteiger partial charge on any atom is -0.447 e. The first-order valence-corrected chi connectivity index (χ1v) is 8.65. The number of β-amino-alcohol motifs (C(OH)–C–C–N with tert-alkyl or cyclic N) is 1. The maximum atomic E-state index is 12.3. The summed E-state index contributed by atoms with van der Waals surface area (Å²) in [4.78, 5) is 23.1. The number of aryl methyl sites for hydroxylation is 1. The number of fused-ring (bicyclic) bond motifs is 1. The van der Waals surface area contributed by atoms with E-state index in [4.69, 9.17) is 4.42 Å². The molecule has 8 heteroatoms. The van der Waals surface area contributed by atoms with Crippen LogP contribution in [0.25, 0.3) is 5.65 Å². The Hall–Kier alpha value is -2.71. The molecule has 4 heterocycles. The molecule has 0 radical (unpaired) electrons. The van der Waals surface area contributed by atoms with Crippen molar-refractivity contribution in [3.8, 4) is 0 Å². The second-order valence-electron chi connectivity index (χ2n) is 6.64. The molecule has 1 fully saturated rings. The van der Waals surface area contributed by atoms with Gasteiger partial charge in [0.05, 0.1) is 24.9 Å². The molecule has 3 aromatic rings. The van der Waals surface area contributed by atoms with E-state index in [0.717, 1.165) is 29.9 Å². The van der Waals surface area contributed by atoms with Crippen LogP contribution in [-0.4, -0.2) is 49.5 Å². The van der Waals surface area contributed by atoms with Gasteiger partial charge in [0.2, 0.25) is 5.89 Å². The predicted octanol–water partition coefficient (Wildman–Crippen LogP) is 1.13. The van der Waals surface area contributed by atoms with Crippen molar-refractivity contribution >= 4 is 11.6 Å². The summed E-state index contributed by atoms with van der Waals surface area (Å²) in [6, 6.07) is 3.96. The van der Waals surface area contributed by atoms with Crippen molar-refractivity contribution in [1.29, 1.82) is 0 Å². The van der Waals surface area contributed by atoms with Gasteiger partial charge >= 0.3 is 0 Å². The molecule has 1 aliphatic rings. The van der Waals surface area contributed by atoms with Crippen LogP contribution in [0.1, 0.15) is 34.1 Å². The van der Waals surface area contributed by atoms with Gasteiger partial charge in [-0.3, -0.25) is 9.69 Å². The SMILES string of the molecule is Cc1cccn2cc(CNC(=O)c3coc(CN4CCC(O)C4)n3)nc12. The lowest BCUT2D eigenvalue weighted by atomic mass is 10.3. The number of aliphatic hydroxyl groups is 1. The number of oxazole rings is 1. The zero-order valence-electron chi connectivity index (χ0n) is 14.6. The lowest BCUT2D eigenvalue weighted by Crippen LogP contribution is -2.24. The van der Waals surface area contributed by atoms with E-state index < -0.39 is 0 Å². The number of carbonyl (C=O) groups excluding carboxylic acids is 1. The van der Waals surface area contributed by atoms with Crippen LogP contribution in [0, 0.1) is 6.92 Å². The number of hydrogen-bond acceptors (Lipinski definition) is 6. The zero-order valence-corrected chi connectivity index (χ0v) is 14.6. The number of amides is 1. The van der Waals surface area contributed by atoms with Crippen LogP contribution in [0.4, 0.5) is 0 Å². The highest BCUT2D eigenvalue weighted by Gasteiger charge is 2.22. The van der Waals surface area contributed by atoms with Crippen LogP contribution in [-0.2, 0) is 13.1 Å². The van der Waals surface area contributed by atoms with Crippen molar-refractivity contribution < 1.29 is 14.3 Å². The molecule has 1 aliphatic heterocycles. The first-order chi connectivity index (χ1) is 12.6. The molecule has 0 aliphatic carbocycles. The van der Waals surface area contributed by atoms with E-state index in [2.05, 4.69) is 20.2 Å². The number of nitrogens with zero attached hydrogens (tertiary/aromatic N) is 4. The first kappa shape index (κ1) is 16.7. The molecule has 0 spiro atoms. The summed E-state index contributed by atoms with van der Waals surface area (Å²) < 4.78 is 7.32. The topological polar surface area (TPSA) is 95.9 Å². The largest absolute Gasteiger partial charge is 0.447 e. The number of imidazole rings is 1. The molecule has 8 nitrogen and oxygen atoms in total. The van der Waals surface area contributed by atoms with Crippen LogP contribution in [0.15, 0.2) is 35.2 Å². The Morgan fingerprint density at radius 3 is 3.12 bits per heavy atom. The minimum absolute atomic E-state index is 0.250. The maximum absolute atomic E-state index is 12.3. The summed E-state index contributed by atoms with van der Waals surface area (Å²) in [6.45, 7) is 4.23. The van der Waals surface area contributed by atoms with E-state index in [0.29, 0.717) is 25.5 Å². The molecule has 1 atom stereocenters. The van der Waals surface area contributed by atoms with Gasteiger partial charge in [0.25, 0.3) is 5.91 Å². The first-order valence-electron chi connectivity index (χ1n) is 8.65. The molecule has 1 unspecified atom stereocenters. The number of aromatic nitrogens is 3. The van der Waals surface area contributed by atoms with E-state index in [1.54, 1.807) is 0 Å². The molecule has 26 heavy (non-hydrogen) atoms. The summed E-state index contributed by atoms with van der Waals surface area (Å²) in [5.74, 6) is 0.183. The van der Waals surface area contributed by atoms with Crippen molar-refractivity contribution in [2.45, 2.75) is 32.5 Å². The molecule has 0 saturated carbocycles. The Labute approximate surface area is 150 Å². The Bertz CT molecular complexity index is 932. The minimum atomic E-state index is -0.296. The molecule has 0 aromatic carbocycles. The van der Waals surface area contributed by atoms with Crippen LogP contribution in [0.3, 0.4) is 0 Å². The second kappa shape index (κ2) is 6.89. The fourth-order valence-corrected chi connectivity index (χ4v) is 3.19. The van der Waals surface area contributed by atoms with E-state index in [1.165, 1.54) is 6.26 Å². The fourth-order valence-electron chi connectivity index (χ4n) is 3.19. The van der Waals surface area contributed by atoms with E-state index >= 15 is 0 Å². The monoisotopic (exact) mass is 355 g/mol. The van der Waals surface area contributed by atoms with Crippen molar-refractivity contribution in [3.63, 3.8) is 0 Å². The standard InChI is InChI=1S/C18H21N5O3/c1-12-3-2-5-23-8-13(20-17(12)23)7-19-18(25)15-11-26-16(21-15)10-22-6-4-14(24)9-22/h2-3,5,8,11,14,24H,4,6-7,9-10H2,1H3,(H,19,25). The Balaban J connectivity index is 1.36. The third kappa shape index (κ3) is 3.47. The molecule has 1 amide bonds. The van der Waals surface area contributed by atoms with Crippen molar-refractivity contribution in [1.82, 2.24) is 24.6 Å². The third-order valence-corrected chi connectivity index (χ3v) is 4.55. The van der Waals surface area contributed by atoms with Crippen molar-refractivity contribution in [2.24, 2.45) is 0 Å². The van der Waals surface area contributed by atoms with Gasteiger partial charge in [-0.1, -0.05) is 6.07 Å². The number of nitrogens with one attached hydrogen (secondary N) is 1. The van der Waals surface area contributed by atoms with Crippen molar-refractivity contribution in [2.75, 3.05) is 13.1 Å². The maximum Gasteiger partial charge on any atom is 0.273 e. The number of likely N-dealkylation sites (tertiary alicyclic amines) is 1. The van der Waals surface area contributed by atoms with Gasteiger partial charge in [0.1, 0.15) is 11.9 Å². The number of carbonyl (C=O) groups is 1. The molecule has 1 saturated heterocycles. The van der Waals surface area contributed by atoms with E-state index in [1.807, 2.05) is 35.9 Å². The third-order valence-electron chi connectivity index (χ3n) is 4.55. The number of hydrogen-bond donors (Lipinski definition) is 2.